The first kappa shape index (κ1) is 17.3. The second-order valence-corrected chi connectivity index (χ2v) is 5.62. The van der Waals surface area contributed by atoms with Crippen LogP contribution in [0, 0.1) is 12.5 Å². The first-order chi connectivity index (χ1) is 9.97. The number of carbonyl (C=O) groups excluding carboxylic acids is 1. The summed E-state index contributed by atoms with van der Waals surface area (Å²) in [4.78, 5) is 13.7. The third kappa shape index (κ3) is 5.27. The summed E-state index contributed by atoms with van der Waals surface area (Å²) < 4.78 is 0. The highest BCUT2D eigenvalue weighted by molar-refractivity contribution is 6.01. The molecule has 1 rings (SSSR count). The normalized spacial score (nSPS) is 12.0. The first-order valence-electron chi connectivity index (χ1n) is 7.34. The number of carbonyl (C=O) groups is 1. The third-order valence-electron chi connectivity index (χ3n) is 3.43. The summed E-state index contributed by atoms with van der Waals surface area (Å²) in [5.74, 6) is 0.446. The highest BCUT2D eigenvalue weighted by atomic mass is 16.2. The lowest BCUT2D eigenvalue weighted by molar-refractivity contribution is 0.0828. The van der Waals surface area contributed by atoms with Gasteiger partial charge in [0.1, 0.15) is 0 Å². The molecule has 0 aliphatic heterocycles. The largest absolute Gasteiger partial charge is 0.397 e. The summed E-state index contributed by atoms with van der Waals surface area (Å²) in [6.07, 6.45) is 3.10. The van der Waals surface area contributed by atoms with Crippen molar-refractivity contribution >= 4 is 17.3 Å². The molecular formula is C16H27N4O. The molecule has 0 saturated carbocycles. The fourth-order valence-electron chi connectivity index (χ4n) is 2.15. The molecule has 0 aromatic heterocycles. The van der Waals surface area contributed by atoms with Crippen molar-refractivity contribution in [3.63, 3.8) is 0 Å². The molecule has 1 atom stereocenters. The van der Waals surface area contributed by atoms with E-state index in [1.165, 1.54) is 0 Å². The van der Waals surface area contributed by atoms with E-state index in [0.29, 0.717) is 17.2 Å². The van der Waals surface area contributed by atoms with E-state index in [0.717, 1.165) is 31.5 Å². The standard InChI is InChI=1S/C16H27N4O/c1-12(7-4-5-10-17)11-19-15-13(16(21)20(2)3)8-6-9-14(15)18/h6,8-10,12,19H,4-5,7,11,17-18H2,1-3H3. The van der Waals surface area contributed by atoms with Crippen molar-refractivity contribution in [3.05, 3.63) is 30.3 Å². The number of nitrogens with zero attached hydrogens (tertiary/aromatic N) is 1. The Morgan fingerprint density at radius 1 is 1.43 bits per heavy atom. The van der Waals surface area contributed by atoms with Crippen LogP contribution in [0.4, 0.5) is 11.4 Å². The van der Waals surface area contributed by atoms with Crippen molar-refractivity contribution in [2.45, 2.75) is 26.2 Å². The second-order valence-electron chi connectivity index (χ2n) is 5.62. The zero-order chi connectivity index (χ0) is 15.8. The van der Waals surface area contributed by atoms with E-state index in [1.54, 1.807) is 37.7 Å². The Morgan fingerprint density at radius 3 is 2.76 bits per heavy atom. The molecule has 1 unspecified atom stereocenters. The van der Waals surface area contributed by atoms with Crippen LogP contribution in [0.2, 0.25) is 0 Å². The van der Waals surface area contributed by atoms with Crippen LogP contribution in [0.3, 0.4) is 0 Å². The summed E-state index contributed by atoms with van der Waals surface area (Å²) in [5, 5.41) is 3.33. The molecule has 0 bridgehead atoms. The van der Waals surface area contributed by atoms with E-state index in [4.69, 9.17) is 11.5 Å². The molecule has 21 heavy (non-hydrogen) atoms. The summed E-state index contributed by atoms with van der Waals surface area (Å²) in [5.41, 5.74) is 13.3. The Hall–Kier alpha value is -1.75. The van der Waals surface area contributed by atoms with E-state index in [2.05, 4.69) is 12.2 Å². The molecule has 5 heteroatoms. The minimum atomic E-state index is -0.0461. The zero-order valence-electron chi connectivity index (χ0n) is 13.2. The highest BCUT2D eigenvalue weighted by Crippen LogP contribution is 2.25. The number of hydrogen-bond donors (Lipinski definition) is 3. The van der Waals surface area contributed by atoms with E-state index >= 15 is 0 Å². The average molecular weight is 291 g/mol. The molecule has 0 saturated heterocycles. The summed E-state index contributed by atoms with van der Waals surface area (Å²) in [7, 11) is 3.47. The first-order valence-corrected chi connectivity index (χ1v) is 7.34. The number of hydrogen-bond acceptors (Lipinski definition) is 4. The van der Waals surface area contributed by atoms with Crippen LogP contribution >= 0.6 is 0 Å². The number of anilines is 2. The zero-order valence-corrected chi connectivity index (χ0v) is 13.2. The number of nitrogens with two attached hydrogens (primary N) is 2. The minimum Gasteiger partial charge on any atom is -0.397 e. The average Bonchev–Trinajstić information content (AvgIpc) is 2.45. The van der Waals surface area contributed by atoms with Crippen LogP contribution in [0.15, 0.2) is 18.2 Å². The number of benzene rings is 1. The molecule has 1 amide bonds. The maximum atomic E-state index is 12.2. The molecule has 117 valence electrons. The lowest BCUT2D eigenvalue weighted by Gasteiger charge is -2.19. The topological polar surface area (TPSA) is 84.4 Å². The van der Waals surface area contributed by atoms with Crippen molar-refractivity contribution in [3.8, 4) is 0 Å². The lowest BCUT2D eigenvalue weighted by atomic mass is 10.0. The van der Waals surface area contributed by atoms with Crippen molar-refractivity contribution < 1.29 is 4.79 Å². The molecule has 0 aliphatic rings. The van der Waals surface area contributed by atoms with Gasteiger partial charge in [-0.1, -0.05) is 19.4 Å². The molecule has 1 aromatic carbocycles. The maximum absolute atomic E-state index is 12.2. The van der Waals surface area contributed by atoms with Gasteiger partial charge in [0.2, 0.25) is 0 Å². The van der Waals surface area contributed by atoms with Crippen LogP contribution in [-0.2, 0) is 0 Å². The number of unbranched alkanes of at least 4 members (excludes halogenated alkanes) is 1. The quantitative estimate of drug-likeness (QED) is 0.507. The molecule has 0 heterocycles. The van der Waals surface area contributed by atoms with Gasteiger partial charge in [0.05, 0.1) is 16.9 Å². The Balaban J connectivity index is 2.71. The maximum Gasteiger partial charge on any atom is 0.255 e. The molecule has 1 radical (unpaired) electrons. The third-order valence-corrected chi connectivity index (χ3v) is 3.43. The van der Waals surface area contributed by atoms with Crippen LogP contribution in [0.5, 0.6) is 0 Å². The Bertz CT molecular complexity index is 460. The van der Waals surface area contributed by atoms with Gasteiger partial charge in [-0.15, -0.1) is 0 Å². The Kier molecular flexibility index (Phi) is 7.02. The van der Waals surface area contributed by atoms with Crippen molar-refractivity contribution in [1.82, 2.24) is 4.90 Å². The number of nitrogen functional groups attached to an aromatic ring is 1. The summed E-state index contributed by atoms with van der Waals surface area (Å²) in [6.45, 7) is 4.66. The molecule has 0 aliphatic carbocycles. The van der Waals surface area contributed by atoms with Gasteiger partial charge in [-0.3, -0.25) is 4.79 Å². The number of para-hydroxylation sites is 1. The molecule has 0 fully saturated rings. The van der Waals surface area contributed by atoms with Gasteiger partial charge in [0.25, 0.3) is 5.91 Å². The number of amides is 1. The Morgan fingerprint density at radius 2 is 2.14 bits per heavy atom. The number of rotatable bonds is 8. The van der Waals surface area contributed by atoms with Gasteiger partial charge in [0, 0.05) is 27.2 Å². The molecular weight excluding hydrogens is 264 g/mol. The molecule has 5 nitrogen and oxygen atoms in total. The summed E-state index contributed by atoms with van der Waals surface area (Å²) >= 11 is 0. The second kappa shape index (κ2) is 8.52. The minimum absolute atomic E-state index is 0.0461. The fourth-order valence-corrected chi connectivity index (χ4v) is 2.15. The van der Waals surface area contributed by atoms with E-state index in [9.17, 15) is 4.79 Å². The molecule has 0 spiro atoms. The van der Waals surface area contributed by atoms with Gasteiger partial charge >= 0.3 is 0 Å². The van der Waals surface area contributed by atoms with Gasteiger partial charge in [0.15, 0.2) is 0 Å². The SMILES string of the molecule is CC(CCC[CH]N)CNc1c(N)cccc1C(=O)N(C)C. The van der Waals surface area contributed by atoms with Gasteiger partial charge < -0.3 is 21.7 Å². The van der Waals surface area contributed by atoms with Gasteiger partial charge in [-0.2, -0.15) is 0 Å². The van der Waals surface area contributed by atoms with E-state index in [1.807, 2.05) is 6.07 Å². The predicted octanol–water partition coefficient (Wildman–Crippen LogP) is 2.31. The van der Waals surface area contributed by atoms with Crippen molar-refractivity contribution in [2.24, 2.45) is 11.7 Å². The van der Waals surface area contributed by atoms with E-state index in [-0.39, 0.29) is 5.91 Å². The Labute approximate surface area is 127 Å². The van der Waals surface area contributed by atoms with Crippen LogP contribution in [0.25, 0.3) is 0 Å². The monoisotopic (exact) mass is 291 g/mol. The summed E-state index contributed by atoms with van der Waals surface area (Å²) in [6, 6.07) is 5.41. The predicted molar refractivity (Wildman–Crippen MR) is 88.9 cm³/mol. The van der Waals surface area contributed by atoms with Crippen LogP contribution in [-0.4, -0.2) is 31.4 Å². The number of nitrogens with one attached hydrogen (secondary N) is 1. The van der Waals surface area contributed by atoms with E-state index < -0.39 is 0 Å². The fraction of sp³-hybridized carbons (Fsp3) is 0.500. The smallest absolute Gasteiger partial charge is 0.255 e. The van der Waals surface area contributed by atoms with Crippen molar-refractivity contribution in [1.29, 1.82) is 0 Å². The highest BCUT2D eigenvalue weighted by Gasteiger charge is 2.15. The molecule has 5 N–H and O–H groups in total. The van der Waals surface area contributed by atoms with Crippen LogP contribution in [0.1, 0.15) is 36.5 Å². The van der Waals surface area contributed by atoms with Crippen molar-refractivity contribution in [2.75, 3.05) is 31.7 Å². The van der Waals surface area contributed by atoms with Gasteiger partial charge in [-0.05, 0) is 30.9 Å². The lowest BCUT2D eigenvalue weighted by Crippen LogP contribution is -2.24. The van der Waals surface area contributed by atoms with Gasteiger partial charge in [-0.25, -0.2) is 0 Å². The molecule has 1 aromatic rings. The van der Waals surface area contributed by atoms with Crippen LogP contribution < -0.4 is 16.8 Å².